The lowest BCUT2D eigenvalue weighted by Crippen LogP contribution is -2.31. The summed E-state index contributed by atoms with van der Waals surface area (Å²) >= 11 is 0. The summed E-state index contributed by atoms with van der Waals surface area (Å²) in [5, 5.41) is 0. The van der Waals surface area contributed by atoms with E-state index in [2.05, 4.69) is 42.1 Å². The van der Waals surface area contributed by atoms with E-state index >= 15 is 0 Å². The van der Waals surface area contributed by atoms with Gasteiger partial charge in [-0.2, -0.15) is 0 Å². The number of aromatic nitrogens is 1. The predicted molar refractivity (Wildman–Crippen MR) is 66.5 cm³/mol. The molecule has 0 aliphatic rings. The first-order valence-electron chi connectivity index (χ1n) is 6.12. The maximum absolute atomic E-state index is 9.75. The Labute approximate surface area is 118 Å². The van der Waals surface area contributed by atoms with Crippen molar-refractivity contribution in [3.05, 3.63) is 30.6 Å². The van der Waals surface area contributed by atoms with Gasteiger partial charge >= 0.3 is 14.5 Å². The van der Waals surface area contributed by atoms with E-state index in [9.17, 15) is 34.5 Å². The number of nitrogens with zero attached hydrogens (tertiary/aromatic N) is 1. The fourth-order valence-electron chi connectivity index (χ4n) is 1.13. The highest BCUT2D eigenvalue weighted by Crippen LogP contribution is 2.07. The van der Waals surface area contributed by atoms with Crippen LogP contribution >= 0.6 is 0 Å². The van der Waals surface area contributed by atoms with Crippen LogP contribution in [0.3, 0.4) is 0 Å². The van der Waals surface area contributed by atoms with Gasteiger partial charge in [-0.15, -0.1) is 0 Å². The molecule has 21 heavy (non-hydrogen) atoms. The maximum Gasteiger partial charge on any atom is 0.673 e. The van der Waals surface area contributed by atoms with Gasteiger partial charge in [-0.3, -0.25) is 0 Å². The first-order valence-corrected chi connectivity index (χ1v) is 6.12. The van der Waals surface area contributed by atoms with E-state index in [0.29, 0.717) is 0 Å². The molecule has 1 aromatic heterocycles. The zero-order valence-electron chi connectivity index (χ0n) is 11.3. The van der Waals surface area contributed by atoms with E-state index in [1.807, 2.05) is 0 Å². The van der Waals surface area contributed by atoms with Gasteiger partial charge in [-0.25, -0.2) is 4.57 Å². The molecule has 1 aromatic rings. The number of hydrogen-bond donors (Lipinski definition) is 0. The molecule has 124 valence electrons. The standard InChI is InChI=1S/C10H16N.2BF4/c1-2-3-5-8-11-9-6-4-7-10-11;2*2-1(3,4)5/h4,6-7,9-10H,2-3,5,8H2,1H3;;/q+1;2*-1. The van der Waals surface area contributed by atoms with Gasteiger partial charge in [0.15, 0.2) is 12.4 Å². The van der Waals surface area contributed by atoms with Gasteiger partial charge in [0, 0.05) is 18.6 Å². The van der Waals surface area contributed by atoms with Gasteiger partial charge in [0.25, 0.3) is 0 Å². The average Bonchev–Trinajstić information content (AvgIpc) is 2.26. The van der Waals surface area contributed by atoms with Crippen molar-refractivity contribution in [1.82, 2.24) is 0 Å². The van der Waals surface area contributed by atoms with Crippen molar-refractivity contribution in [2.24, 2.45) is 0 Å². The zero-order valence-corrected chi connectivity index (χ0v) is 11.3. The van der Waals surface area contributed by atoms with Crippen LogP contribution in [0.5, 0.6) is 0 Å². The molecule has 0 atom stereocenters. The van der Waals surface area contributed by atoms with Crippen LogP contribution in [-0.2, 0) is 6.54 Å². The van der Waals surface area contributed by atoms with Crippen molar-refractivity contribution < 1.29 is 39.1 Å². The highest BCUT2D eigenvalue weighted by molar-refractivity contribution is 6.50. The van der Waals surface area contributed by atoms with Crippen LogP contribution in [-0.4, -0.2) is 14.5 Å². The third-order valence-electron chi connectivity index (χ3n) is 1.80. The fourth-order valence-corrected chi connectivity index (χ4v) is 1.13. The lowest BCUT2D eigenvalue weighted by Gasteiger charge is -1.94. The van der Waals surface area contributed by atoms with Crippen LogP contribution < -0.4 is 4.57 Å². The molecule has 0 aromatic carbocycles. The Morgan fingerprint density at radius 1 is 0.714 bits per heavy atom. The quantitative estimate of drug-likeness (QED) is 0.325. The van der Waals surface area contributed by atoms with Gasteiger partial charge in [-0.1, -0.05) is 19.4 Å². The van der Waals surface area contributed by atoms with Crippen molar-refractivity contribution in [3.63, 3.8) is 0 Å². The second kappa shape index (κ2) is 11.4. The summed E-state index contributed by atoms with van der Waals surface area (Å²) in [6, 6.07) is 6.20. The van der Waals surface area contributed by atoms with E-state index in [4.69, 9.17) is 0 Å². The molecule has 0 saturated heterocycles. The molecule has 1 heterocycles. The Morgan fingerprint density at radius 3 is 1.43 bits per heavy atom. The summed E-state index contributed by atoms with van der Waals surface area (Å²) in [6.07, 6.45) is 8.17. The summed E-state index contributed by atoms with van der Waals surface area (Å²) in [5.74, 6) is 0. The third kappa shape index (κ3) is 38.1. The largest absolute Gasteiger partial charge is 0.673 e. The Kier molecular flexibility index (Phi) is 11.9. The molecule has 11 heteroatoms. The molecular weight excluding hydrogens is 308 g/mol. The monoisotopic (exact) mass is 324 g/mol. The van der Waals surface area contributed by atoms with E-state index in [-0.39, 0.29) is 0 Å². The van der Waals surface area contributed by atoms with Gasteiger partial charge in [0.1, 0.15) is 6.54 Å². The van der Waals surface area contributed by atoms with Crippen LogP contribution in [0.4, 0.5) is 34.5 Å². The van der Waals surface area contributed by atoms with Crippen LogP contribution in [0.1, 0.15) is 26.2 Å². The SMILES string of the molecule is CCCCC[n+]1ccccc1.F[B-](F)(F)F.F[B-](F)(F)F. The van der Waals surface area contributed by atoms with Crippen molar-refractivity contribution in [2.75, 3.05) is 0 Å². The summed E-state index contributed by atoms with van der Waals surface area (Å²) < 4.78 is 80.2. The molecule has 0 radical (unpaired) electrons. The number of rotatable bonds is 4. The molecule has 1 nitrogen and oxygen atoms in total. The molecular formula is C10H16B2F8N-. The lowest BCUT2D eigenvalue weighted by molar-refractivity contribution is -0.697. The molecule has 0 amide bonds. The predicted octanol–water partition coefficient (Wildman–Crippen LogP) is 4.76. The van der Waals surface area contributed by atoms with E-state index < -0.39 is 14.5 Å². The fraction of sp³-hybridized carbons (Fsp3) is 0.500. The lowest BCUT2D eigenvalue weighted by atomic mass is 10.2. The second-order valence-corrected chi connectivity index (χ2v) is 3.81. The second-order valence-electron chi connectivity index (χ2n) is 3.81. The Balaban J connectivity index is 0. The number of pyridine rings is 1. The van der Waals surface area contributed by atoms with E-state index in [1.54, 1.807) is 0 Å². The smallest absolute Gasteiger partial charge is 0.418 e. The number of hydrogen-bond acceptors (Lipinski definition) is 0. The Morgan fingerprint density at radius 2 is 1.10 bits per heavy atom. The Hall–Kier alpha value is -1.28. The van der Waals surface area contributed by atoms with Crippen molar-refractivity contribution in [2.45, 2.75) is 32.7 Å². The maximum atomic E-state index is 9.75. The summed E-state index contributed by atoms with van der Waals surface area (Å²) in [7, 11) is -12.0. The molecule has 0 bridgehead atoms. The number of unbranched alkanes of at least 4 members (excludes halogenated alkanes) is 2. The average molecular weight is 324 g/mol. The minimum Gasteiger partial charge on any atom is -0.418 e. The number of aryl methyl sites for hydroxylation is 1. The molecule has 0 unspecified atom stereocenters. The topological polar surface area (TPSA) is 3.88 Å². The number of halogens is 8. The van der Waals surface area contributed by atoms with Crippen molar-refractivity contribution in [3.8, 4) is 0 Å². The van der Waals surface area contributed by atoms with Crippen LogP contribution in [0.2, 0.25) is 0 Å². The normalized spacial score (nSPS) is 10.9. The molecule has 0 spiro atoms. The molecule has 0 aliphatic heterocycles. The van der Waals surface area contributed by atoms with Crippen LogP contribution in [0.15, 0.2) is 30.6 Å². The minimum atomic E-state index is -6.00. The van der Waals surface area contributed by atoms with Crippen LogP contribution in [0, 0.1) is 0 Å². The first-order chi connectivity index (χ1) is 9.43. The van der Waals surface area contributed by atoms with Gasteiger partial charge in [0.05, 0.1) is 0 Å². The summed E-state index contributed by atoms with van der Waals surface area (Å²) in [5.41, 5.74) is 0. The summed E-state index contributed by atoms with van der Waals surface area (Å²) in [6.45, 7) is 3.39. The molecule has 0 saturated carbocycles. The van der Waals surface area contributed by atoms with E-state index in [1.165, 1.54) is 19.3 Å². The van der Waals surface area contributed by atoms with E-state index in [0.717, 1.165) is 6.54 Å². The zero-order chi connectivity index (χ0) is 16.9. The molecule has 0 aliphatic carbocycles. The highest BCUT2D eigenvalue weighted by Gasteiger charge is 2.21. The third-order valence-corrected chi connectivity index (χ3v) is 1.80. The minimum absolute atomic E-state index is 1.16. The van der Waals surface area contributed by atoms with Crippen molar-refractivity contribution >= 4 is 14.5 Å². The van der Waals surface area contributed by atoms with Gasteiger partial charge < -0.3 is 34.5 Å². The molecule has 0 fully saturated rings. The highest BCUT2D eigenvalue weighted by atomic mass is 19.5. The van der Waals surface area contributed by atoms with Crippen molar-refractivity contribution in [1.29, 1.82) is 0 Å². The van der Waals surface area contributed by atoms with Gasteiger partial charge in [-0.05, 0) is 6.42 Å². The Bertz CT molecular complexity index is 317. The summed E-state index contributed by atoms with van der Waals surface area (Å²) in [4.78, 5) is 0. The van der Waals surface area contributed by atoms with Crippen LogP contribution in [0.25, 0.3) is 0 Å². The molecule has 0 N–H and O–H groups in total. The van der Waals surface area contributed by atoms with Gasteiger partial charge in [0.2, 0.25) is 0 Å². The first kappa shape index (κ1) is 22.0. The molecule has 1 rings (SSSR count).